The average Bonchev–Trinajstić information content (AvgIpc) is 2.49. The lowest BCUT2D eigenvalue weighted by Crippen LogP contribution is -2.30. The maximum atomic E-state index is 2.20. The highest BCUT2D eigenvalue weighted by molar-refractivity contribution is 5.75. The molecular weight excluding hydrogens is 242 g/mol. The Kier molecular flexibility index (Phi) is 3.34. The molecule has 1 heterocycles. The molecule has 2 aromatic carbocycles. The maximum Gasteiger partial charge on any atom is 0.212 e. The fourth-order valence-corrected chi connectivity index (χ4v) is 2.65. The third-order valence-corrected chi connectivity index (χ3v) is 3.75. The number of nitrogens with zero attached hydrogens (tertiary/aromatic N) is 1. The van der Waals surface area contributed by atoms with Gasteiger partial charge in [-0.25, -0.2) is 4.57 Å². The zero-order chi connectivity index (χ0) is 13.9. The summed E-state index contributed by atoms with van der Waals surface area (Å²) >= 11 is 0. The third kappa shape index (κ3) is 2.23. The first kappa shape index (κ1) is 12.6. The van der Waals surface area contributed by atoms with Crippen molar-refractivity contribution < 1.29 is 4.57 Å². The van der Waals surface area contributed by atoms with E-state index in [4.69, 9.17) is 0 Å². The number of aromatic nitrogens is 1. The van der Waals surface area contributed by atoms with Gasteiger partial charge in [-0.3, -0.25) is 0 Å². The predicted octanol–water partition coefficient (Wildman–Crippen LogP) is 4.15. The molecule has 0 aliphatic heterocycles. The number of hydrogen-bond acceptors (Lipinski definition) is 0. The number of hydrogen-bond donors (Lipinski definition) is 0. The number of rotatable bonds is 2. The first-order chi connectivity index (χ1) is 9.77. The molecule has 0 atom stereocenters. The van der Waals surface area contributed by atoms with Gasteiger partial charge in [0.2, 0.25) is 5.69 Å². The van der Waals surface area contributed by atoms with Crippen LogP contribution in [0.5, 0.6) is 0 Å². The van der Waals surface area contributed by atoms with Crippen molar-refractivity contribution in [3.63, 3.8) is 0 Å². The van der Waals surface area contributed by atoms with Crippen LogP contribution in [0.3, 0.4) is 0 Å². The maximum absolute atomic E-state index is 2.20. The summed E-state index contributed by atoms with van der Waals surface area (Å²) in [5.74, 6) is 0. The molecule has 0 unspecified atom stereocenters. The minimum atomic E-state index is 1.24. The van der Waals surface area contributed by atoms with Gasteiger partial charge in [0.15, 0.2) is 6.20 Å². The Morgan fingerprint density at radius 1 is 0.700 bits per heavy atom. The molecule has 0 saturated carbocycles. The van der Waals surface area contributed by atoms with Crippen molar-refractivity contribution in [1.29, 1.82) is 0 Å². The fourth-order valence-electron chi connectivity index (χ4n) is 2.65. The van der Waals surface area contributed by atoms with Crippen molar-refractivity contribution in [3.05, 3.63) is 78.5 Å². The molecule has 3 rings (SSSR count). The van der Waals surface area contributed by atoms with E-state index in [0.29, 0.717) is 0 Å². The summed E-state index contributed by atoms with van der Waals surface area (Å²) in [7, 11) is 2.09. The molecule has 0 aliphatic rings. The van der Waals surface area contributed by atoms with Gasteiger partial charge in [-0.2, -0.15) is 0 Å². The number of pyridine rings is 1. The lowest BCUT2D eigenvalue weighted by atomic mass is 9.95. The van der Waals surface area contributed by atoms with E-state index in [1.807, 2.05) is 0 Å². The van der Waals surface area contributed by atoms with Crippen LogP contribution in [0.25, 0.3) is 22.4 Å². The van der Waals surface area contributed by atoms with Crippen LogP contribution in [0, 0.1) is 6.92 Å². The molecule has 1 nitrogen and oxygen atoms in total. The van der Waals surface area contributed by atoms with Gasteiger partial charge in [0.05, 0.1) is 0 Å². The van der Waals surface area contributed by atoms with E-state index in [-0.39, 0.29) is 0 Å². The molecule has 0 spiro atoms. The summed E-state index contributed by atoms with van der Waals surface area (Å²) in [6, 6.07) is 23.4. The summed E-state index contributed by atoms with van der Waals surface area (Å²) in [5, 5.41) is 0. The highest BCUT2D eigenvalue weighted by atomic mass is 14.9. The second-order valence-electron chi connectivity index (χ2n) is 5.04. The quantitative estimate of drug-likeness (QED) is 0.609. The van der Waals surface area contributed by atoms with E-state index < -0.39 is 0 Å². The summed E-state index contributed by atoms with van der Waals surface area (Å²) < 4.78 is 2.16. The molecule has 0 fully saturated rings. The van der Waals surface area contributed by atoms with E-state index >= 15 is 0 Å². The van der Waals surface area contributed by atoms with Gasteiger partial charge in [0.1, 0.15) is 7.05 Å². The second kappa shape index (κ2) is 5.30. The first-order valence-corrected chi connectivity index (χ1v) is 6.87. The van der Waals surface area contributed by atoms with E-state index in [2.05, 4.69) is 91.5 Å². The molecule has 0 saturated heterocycles. The van der Waals surface area contributed by atoms with Gasteiger partial charge in [-0.05, 0) is 35.7 Å². The van der Waals surface area contributed by atoms with Crippen LogP contribution in [0.4, 0.5) is 0 Å². The molecule has 0 N–H and O–H groups in total. The lowest BCUT2D eigenvalue weighted by molar-refractivity contribution is -0.660. The largest absolute Gasteiger partial charge is 0.212 e. The Morgan fingerprint density at radius 2 is 1.40 bits per heavy atom. The van der Waals surface area contributed by atoms with Crippen LogP contribution in [-0.4, -0.2) is 0 Å². The van der Waals surface area contributed by atoms with E-state index in [1.165, 1.54) is 27.9 Å². The Balaban J connectivity index is 2.19. The molecule has 3 aromatic rings. The second-order valence-corrected chi connectivity index (χ2v) is 5.04. The van der Waals surface area contributed by atoms with Gasteiger partial charge in [0.25, 0.3) is 0 Å². The van der Waals surface area contributed by atoms with Gasteiger partial charge < -0.3 is 0 Å². The van der Waals surface area contributed by atoms with Gasteiger partial charge in [-0.1, -0.05) is 42.5 Å². The Hall–Kier alpha value is -2.41. The van der Waals surface area contributed by atoms with E-state index in [1.54, 1.807) is 0 Å². The summed E-state index contributed by atoms with van der Waals surface area (Å²) in [5.41, 5.74) is 6.41. The lowest BCUT2D eigenvalue weighted by Gasteiger charge is -2.10. The molecule has 1 aromatic heterocycles. The Bertz CT molecular complexity index is 730. The summed E-state index contributed by atoms with van der Waals surface area (Å²) in [6.07, 6.45) is 2.09. The highest BCUT2D eigenvalue weighted by Gasteiger charge is 2.13. The molecule has 0 bridgehead atoms. The smallest absolute Gasteiger partial charge is 0.201 e. The van der Waals surface area contributed by atoms with Crippen LogP contribution in [0.15, 0.2) is 72.9 Å². The molecule has 0 amide bonds. The molecular formula is C19H18N+. The normalized spacial score (nSPS) is 10.5. The Labute approximate surface area is 120 Å². The highest BCUT2D eigenvalue weighted by Crippen LogP contribution is 2.29. The summed E-state index contributed by atoms with van der Waals surface area (Å²) in [4.78, 5) is 0. The van der Waals surface area contributed by atoms with Crippen molar-refractivity contribution >= 4 is 0 Å². The zero-order valence-corrected chi connectivity index (χ0v) is 11.9. The minimum Gasteiger partial charge on any atom is -0.201 e. The van der Waals surface area contributed by atoms with Crippen LogP contribution >= 0.6 is 0 Å². The van der Waals surface area contributed by atoms with Crippen molar-refractivity contribution in [2.45, 2.75) is 6.92 Å². The molecule has 0 aliphatic carbocycles. The fraction of sp³-hybridized carbons (Fsp3) is 0.105. The zero-order valence-electron chi connectivity index (χ0n) is 11.9. The molecule has 20 heavy (non-hydrogen) atoms. The van der Waals surface area contributed by atoms with Crippen LogP contribution in [0.2, 0.25) is 0 Å². The summed E-state index contributed by atoms with van der Waals surface area (Å²) in [6.45, 7) is 2.20. The molecule has 1 heteroatoms. The van der Waals surface area contributed by atoms with Crippen molar-refractivity contribution in [1.82, 2.24) is 0 Å². The standard InChI is InChI=1S/C19H18N/c1-15-17(16-9-4-3-5-10-16)11-8-12-18(15)19-13-6-7-14-20(19)2/h3-14H,1-2H3/q+1. The van der Waals surface area contributed by atoms with E-state index in [9.17, 15) is 0 Å². The van der Waals surface area contributed by atoms with Crippen LogP contribution in [0.1, 0.15) is 5.56 Å². The molecule has 0 radical (unpaired) electrons. The van der Waals surface area contributed by atoms with E-state index in [0.717, 1.165) is 0 Å². The first-order valence-electron chi connectivity index (χ1n) is 6.87. The van der Waals surface area contributed by atoms with Gasteiger partial charge in [-0.15, -0.1) is 0 Å². The SMILES string of the molecule is Cc1c(-c2ccccc2)cccc1-c1cccc[n+]1C. The van der Waals surface area contributed by atoms with Crippen molar-refractivity contribution in [2.24, 2.45) is 7.05 Å². The third-order valence-electron chi connectivity index (χ3n) is 3.75. The van der Waals surface area contributed by atoms with Crippen molar-refractivity contribution in [3.8, 4) is 22.4 Å². The predicted molar refractivity (Wildman–Crippen MR) is 83.2 cm³/mol. The number of aryl methyl sites for hydroxylation is 1. The minimum absolute atomic E-state index is 1.24. The Morgan fingerprint density at radius 3 is 2.15 bits per heavy atom. The van der Waals surface area contributed by atoms with Crippen molar-refractivity contribution in [2.75, 3.05) is 0 Å². The van der Waals surface area contributed by atoms with Gasteiger partial charge >= 0.3 is 0 Å². The van der Waals surface area contributed by atoms with Crippen LogP contribution in [-0.2, 0) is 7.05 Å². The topological polar surface area (TPSA) is 3.88 Å². The monoisotopic (exact) mass is 260 g/mol. The van der Waals surface area contributed by atoms with Crippen LogP contribution < -0.4 is 4.57 Å². The average molecular weight is 260 g/mol. The molecule has 98 valence electrons. The van der Waals surface area contributed by atoms with Gasteiger partial charge in [0, 0.05) is 17.7 Å². The number of benzene rings is 2.